The number of aromatic nitrogens is 2. The van der Waals surface area contributed by atoms with Crippen molar-refractivity contribution in [1.82, 2.24) is 15.0 Å². The number of halogens is 1. The maximum atomic E-state index is 13.7. The highest BCUT2D eigenvalue weighted by Crippen LogP contribution is 2.34. The summed E-state index contributed by atoms with van der Waals surface area (Å²) in [6, 6.07) is 14.2. The lowest BCUT2D eigenvalue weighted by atomic mass is 10.1. The van der Waals surface area contributed by atoms with Crippen molar-refractivity contribution < 1.29 is 8.91 Å². The molecular formula is C22H24FN3O. The van der Waals surface area contributed by atoms with Crippen LogP contribution in [0.15, 0.2) is 47.0 Å². The summed E-state index contributed by atoms with van der Waals surface area (Å²) in [7, 11) is 2.18. The topological polar surface area (TPSA) is 42.2 Å². The fourth-order valence-corrected chi connectivity index (χ4v) is 3.83. The first-order chi connectivity index (χ1) is 13.1. The molecule has 0 bridgehead atoms. The highest BCUT2D eigenvalue weighted by atomic mass is 19.1. The van der Waals surface area contributed by atoms with Crippen LogP contribution < -0.4 is 0 Å². The van der Waals surface area contributed by atoms with E-state index in [1.165, 1.54) is 23.6 Å². The molecule has 1 aliphatic carbocycles. The smallest absolute Gasteiger partial charge is 0.227 e. The Morgan fingerprint density at radius 2 is 2.07 bits per heavy atom. The van der Waals surface area contributed by atoms with E-state index in [1.807, 2.05) is 6.07 Å². The Kier molecular flexibility index (Phi) is 5.03. The molecule has 0 radical (unpaired) electrons. The van der Waals surface area contributed by atoms with Crippen LogP contribution in [-0.4, -0.2) is 28.6 Å². The van der Waals surface area contributed by atoms with Gasteiger partial charge in [0, 0.05) is 18.0 Å². The first kappa shape index (κ1) is 17.9. The number of fused-ring (bicyclic) bond motifs is 1. The number of aryl methyl sites for hydroxylation is 3. The van der Waals surface area contributed by atoms with Crippen molar-refractivity contribution in [3.63, 3.8) is 0 Å². The first-order valence-corrected chi connectivity index (χ1v) is 9.49. The molecule has 1 unspecified atom stereocenters. The minimum absolute atomic E-state index is 0.252. The van der Waals surface area contributed by atoms with Gasteiger partial charge in [-0.15, -0.1) is 0 Å². The molecule has 1 aromatic heterocycles. The molecule has 2 aromatic carbocycles. The van der Waals surface area contributed by atoms with Gasteiger partial charge in [0.05, 0.1) is 0 Å². The Hall–Kier alpha value is -2.53. The largest absolute Gasteiger partial charge is 0.339 e. The third-order valence-electron chi connectivity index (χ3n) is 5.43. The van der Waals surface area contributed by atoms with Crippen LogP contribution in [0.3, 0.4) is 0 Å². The lowest BCUT2D eigenvalue weighted by Gasteiger charge is -2.24. The van der Waals surface area contributed by atoms with E-state index in [0.717, 1.165) is 25.8 Å². The molecule has 5 heteroatoms. The third kappa shape index (κ3) is 3.78. The van der Waals surface area contributed by atoms with Crippen LogP contribution in [0.2, 0.25) is 0 Å². The highest BCUT2D eigenvalue weighted by molar-refractivity contribution is 5.54. The Morgan fingerprint density at radius 3 is 2.93 bits per heavy atom. The summed E-state index contributed by atoms with van der Waals surface area (Å²) in [4.78, 5) is 6.83. The zero-order valence-corrected chi connectivity index (χ0v) is 15.8. The lowest BCUT2D eigenvalue weighted by Crippen LogP contribution is -2.24. The van der Waals surface area contributed by atoms with Crippen LogP contribution >= 0.6 is 0 Å². The van der Waals surface area contributed by atoms with E-state index in [-0.39, 0.29) is 5.82 Å². The number of hydrogen-bond acceptors (Lipinski definition) is 4. The Bertz CT molecular complexity index is 937. The molecule has 0 saturated carbocycles. The van der Waals surface area contributed by atoms with Crippen LogP contribution in [0, 0.1) is 12.7 Å². The van der Waals surface area contributed by atoms with Crippen LogP contribution in [0.1, 0.15) is 41.5 Å². The standard InChI is InChI=1S/C22H24FN3O/c1-15-9-10-17(14-19(15)23)22-24-21(27-25-22)8-5-13-26(2)20-12-11-16-6-3-4-7-18(16)20/h3-4,6-7,9-10,14,20H,5,8,11-13H2,1-2H3. The van der Waals surface area contributed by atoms with Crippen molar-refractivity contribution in [2.24, 2.45) is 0 Å². The second kappa shape index (κ2) is 7.61. The molecule has 1 atom stereocenters. The summed E-state index contributed by atoms with van der Waals surface area (Å²) >= 11 is 0. The summed E-state index contributed by atoms with van der Waals surface area (Å²) in [5.74, 6) is 0.797. The molecule has 140 valence electrons. The fourth-order valence-electron chi connectivity index (χ4n) is 3.83. The summed E-state index contributed by atoms with van der Waals surface area (Å²) in [5.41, 5.74) is 4.19. The van der Waals surface area contributed by atoms with E-state index >= 15 is 0 Å². The molecule has 0 saturated heterocycles. The average Bonchev–Trinajstić information content (AvgIpc) is 3.31. The predicted octanol–water partition coefficient (Wildman–Crippen LogP) is 4.74. The van der Waals surface area contributed by atoms with E-state index in [1.54, 1.807) is 13.0 Å². The normalized spacial score (nSPS) is 16.1. The SMILES string of the molecule is Cc1ccc(-c2noc(CCCN(C)C3CCc4ccccc43)n2)cc1F. The van der Waals surface area contributed by atoms with Gasteiger partial charge in [0.15, 0.2) is 0 Å². The average molecular weight is 365 g/mol. The molecule has 0 aliphatic heterocycles. The van der Waals surface area contributed by atoms with Gasteiger partial charge in [0.2, 0.25) is 11.7 Å². The second-order valence-corrected chi connectivity index (χ2v) is 7.31. The van der Waals surface area contributed by atoms with Gasteiger partial charge in [0.25, 0.3) is 0 Å². The molecule has 4 nitrogen and oxygen atoms in total. The summed E-state index contributed by atoms with van der Waals surface area (Å²) in [5, 5.41) is 4.00. The predicted molar refractivity (Wildman–Crippen MR) is 103 cm³/mol. The van der Waals surface area contributed by atoms with E-state index in [4.69, 9.17) is 4.52 Å². The highest BCUT2D eigenvalue weighted by Gasteiger charge is 2.25. The number of rotatable bonds is 6. The van der Waals surface area contributed by atoms with Crippen LogP contribution in [0.25, 0.3) is 11.4 Å². The van der Waals surface area contributed by atoms with Gasteiger partial charge < -0.3 is 4.52 Å². The second-order valence-electron chi connectivity index (χ2n) is 7.31. The summed E-state index contributed by atoms with van der Waals surface area (Å²) in [6.45, 7) is 2.70. The van der Waals surface area contributed by atoms with Gasteiger partial charge in [0.1, 0.15) is 5.82 Å². The Balaban J connectivity index is 1.33. The molecular weight excluding hydrogens is 341 g/mol. The Morgan fingerprint density at radius 1 is 1.22 bits per heavy atom. The lowest BCUT2D eigenvalue weighted by molar-refractivity contribution is 0.238. The number of nitrogens with zero attached hydrogens (tertiary/aromatic N) is 3. The van der Waals surface area contributed by atoms with Gasteiger partial charge in [-0.1, -0.05) is 41.6 Å². The molecule has 0 N–H and O–H groups in total. The molecule has 1 aliphatic rings. The molecule has 3 aromatic rings. The van der Waals surface area contributed by atoms with Crippen molar-refractivity contribution in [1.29, 1.82) is 0 Å². The van der Waals surface area contributed by atoms with Gasteiger partial charge in [-0.2, -0.15) is 4.98 Å². The van der Waals surface area contributed by atoms with E-state index in [2.05, 4.69) is 46.4 Å². The van der Waals surface area contributed by atoms with E-state index in [9.17, 15) is 4.39 Å². The third-order valence-corrected chi connectivity index (χ3v) is 5.43. The molecule has 0 amide bonds. The van der Waals surface area contributed by atoms with Gasteiger partial charge >= 0.3 is 0 Å². The van der Waals surface area contributed by atoms with E-state index < -0.39 is 0 Å². The molecule has 0 spiro atoms. The number of hydrogen-bond donors (Lipinski definition) is 0. The molecule has 27 heavy (non-hydrogen) atoms. The minimum atomic E-state index is -0.252. The summed E-state index contributed by atoms with van der Waals surface area (Å²) < 4.78 is 19.1. The van der Waals surface area contributed by atoms with E-state index in [0.29, 0.717) is 28.9 Å². The van der Waals surface area contributed by atoms with Crippen molar-refractivity contribution >= 4 is 0 Å². The van der Waals surface area contributed by atoms with Crippen molar-refractivity contribution in [2.75, 3.05) is 13.6 Å². The first-order valence-electron chi connectivity index (χ1n) is 9.49. The zero-order chi connectivity index (χ0) is 18.8. The quantitative estimate of drug-likeness (QED) is 0.633. The maximum absolute atomic E-state index is 13.7. The number of benzene rings is 2. The van der Waals surface area contributed by atoms with Crippen LogP contribution in [0.5, 0.6) is 0 Å². The zero-order valence-electron chi connectivity index (χ0n) is 15.8. The monoisotopic (exact) mass is 365 g/mol. The summed E-state index contributed by atoms with van der Waals surface area (Å²) in [6.07, 6.45) is 4.00. The van der Waals surface area contributed by atoms with Crippen molar-refractivity contribution in [2.45, 2.75) is 38.6 Å². The van der Waals surface area contributed by atoms with Gasteiger partial charge in [-0.3, -0.25) is 4.90 Å². The van der Waals surface area contributed by atoms with Gasteiger partial charge in [-0.05, 0) is 62.5 Å². The van der Waals surface area contributed by atoms with Gasteiger partial charge in [-0.25, -0.2) is 4.39 Å². The molecule has 1 heterocycles. The Labute approximate surface area is 159 Å². The van der Waals surface area contributed by atoms with Crippen molar-refractivity contribution in [3.8, 4) is 11.4 Å². The minimum Gasteiger partial charge on any atom is -0.339 e. The molecule has 4 rings (SSSR count). The van der Waals surface area contributed by atoms with Crippen LogP contribution in [0.4, 0.5) is 4.39 Å². The van der Waals surface area contributed by atoms with Crippen molar-refractivity contribution in [3.05, 3.63) is 70.9 Å². The van der Waals surface area contributed by atoms with Crippen LogP contribution in [-0.2, 0) is 12.8 Å². The molecule has 0 fully saturated rings. The maximum Gasteiger partial charge on any atom is 0.227 e. The fraction of sp³-hybridized carbons (Fsp3) is 0.364.